The third kappa shape index (κ3) is 3.25. The van der Waals surface area contributed by atoms with E-state index in [4.69, 9.17) is 15.2 Å². The first kappa shape index (κ1) is 12.5. The van der Waals surface area contributed by atoms with Crippen LogP contribution in [0.2, 0.25) is 0 Å². The normalized spacial score (nSPS) is 23.5. The zero-order chi connectivity index (χ0) is 12.1. The van der Waals surface area contributed by atoms with Gasteiger partial charge in [-0.3, -0.25) is 4.98 Å². The molecule has 0 aliphatic carbocycles. The lowest BCUT2D eigenvalue weighted by atomic mass is 10.1. The van der Waals surface area contributed by atoms with Crippen molar-refractivity contribution in [3.63, 3.8) is 0 Å². The van der Waals surface area contributed by atoms with E-state index in [-0.39, 0.29) is 18.2 Å². The van der Waals surface area contributed by atoms with Crippen LogP contribution in [0, 0.1) is 0 Å². The summed E-state index contributed by atoms with van der Waals surface area (Å²) in [4.78, 5) is 4.34. The molecular formula is C13H20N2O2. The van der Waals surface area contributed by atoms with Crippen molar-refractivity contribution in [2.75, 3.05) is 13.2 Å². The van der Waals surface area contributed by atoms with E-state index in [9.17, 15) is 0 Å². The van der Waals surface area contributed by atoms with E-state index >= 15 is 0 Å². The van der Waals surface area contributed by atoms with Crippen LogP contribution in [0.5, 0.6) is 0 Å². The van der Waals surface area contributed by atoms with E-state index in [2.05, 4.69) is 11.9 Å². The summed E-state index contributed by atoms with van der Waals surface area (Å²) < 4.78 is 11.4. The van der Waals surface area contributed by atoms with Gasteiger partial charge in [-0.05, 0) is 25.0 Å². The van der Waals surface area contributed by atoms with Crippen molar-refractivity contribution in [2.24, 2.45) is 5.73 Å². The van der Waals surface area contributed by atoms with Crippen molar-refractivity contribution in [3.8, 4) is 0 Å². The van der Waals surface area contributed by atoms with Crippen LogP contribution in [0.25, 0.3) is 0 Å². The monoisotopic (exact) mass is 236 g/mol. The number of nitrogens with zero attached hydrogens (tertiary/aromatic N) is 1. The molecule has 1 saturated heterocycles. The van der Waals surface area contributed by atoms with Gasteiger partial charge < -0.3 is 15.2 Å². The molecule has 0 radical (unpaired) electrons. The van der Waals surface area contributed by atoms with Gasteiger partial charge in [-0.25, -0.2) is 0 Å². The van der Waals surface area contributed by atoms with Gasteiger partial charge in [0.1, 0.15) is 6.10 Å². The molecule has 3 atom stereocenters. The number of rotatable bonds is 5. The second kappa shape index (κ2) is 6.10. The summed E-state index contributed by atoms with van der Waals surface area (Å²) in [6.45, 7) is 3.51. The highest BCUT2D eigenvalue weighted by Gasteiger charge is 2.26. The molecule has 1 aliphatic rings. The Bertz CT molecular complexity index is 325. The number of hydrogen-bond acceptors (Lipinski definition) is 4. The van der Waals surface area contributed by atoms with Gasteiger partial charge in [0.15, 0.2) is 0 Å². The first-order chi connectivity index (χ1) is 8.31. The molecule has 0 spiro atoms. The van der Waals surface area contributed by atoms with E-state index in [1.165, 1.54) is 0 Å². The van der Waals surface area contributed by atoms with E-state index in [1.807, 2.05) is 18.2 Å². The van der Waals surface area contributed by atoms with Crippen molar-refractivity contribution < 1.29 is 9.47 Å². The third-order valence-corrected chi connectivity index (χ3v) is 3.07. The topological polar surface area (TPSA) is 57.4 Å². The minimum atomic E-state index is -0.132. The van der Waals surface area contributed by atoms with Gasteiger partial charge in [-0.15, -0.1) is 0 Å². The maximum atomic E-state index is 6.12. The Morgan fingerprint density at radius 1 is 1.59 bits per heavy atom. The number of hydrogen-bond donors (Lipinski definition) is 1. The van der Waals surface area contributed by atoms with Crippen molar-refractivity contribution in [1.82, 2.24) is 4.98 Å². The van der Waals surface area contributed by atoms with Gasteiger partial charge in [0, 0.05) is 18.8 Å². The first-order valence-electron chi connectivity index (χ1n) is 6.21. The van der Waals surface area contributed by atoms with Crippen molar-refractivity contribution in [1.29, 1.82) is 0 Å². The standard InChI is InChI=1S/C13H20N2O2/c1-2-11(14)13(12-5-3-4-7-15-12)17-10-6-8-16-9-10/h3-5,7,10-11,13H,2,6,8-9,14H2,1H3. The molecule has 1 fully saturated rings. The highest BCUT2D eigenvalue weighted by molar-refractivity contribution is 5.09. The minimum absolute atomic E-state index is 0.0227. The van der Waals surface area contributed by atoms with Crippen LogP contribution >= 0.6 is 0 Å². The van der Waals surface area contributed by atoms with Crippen LogP contribution in [-0.4, -0.2) is 30.3 Å². The Kier molecular flexibility index (Phi) is 4.48. The summed E-state index contributed by atoms with van der Waals surface area (Å²) in [5, 5.41) is 0. The zero-order valence-corrected chi connectivity index (χ0v) is 10.2. The number of aromatic nitrogens is 1. The lowest BCUT2D eigenvalue weighted by Crippen LogP contribution is -2.33. The molecule has 1 aromatic heterocycles. The molecule has 0 aromatic carbocycles. The maximum Gasteiger partial charge on any atom is 0.115 e. The van der Waals surface area contributed by atoms with Crippen LogP contribution in [0.4, 0.5) is 0 Å². The molecule has 4 heteroatoms. The van der Waals surface area contributed by atoms with E-state index in [1.54, 1.807) is 6.20 Å². The Labute approximate surface area is 102 Å². The summed E-state index contributed by atoms with van der Waals surface area (Å²) in [5.41, 5.74) is 7.03. The number of pyridine rings is 1. The number of ether oxygens (including phenoxy) is 2. The fraction of sp³-hybridized carbons (Fsp3) is 0.615. The number of nitrogens with two attached hydrogens (primary N) is 1. The molecule has 4 nitrogen and oxygen atoms in total. The van der Waals surface area contributed by atoms with Crippen molar-refractivity contribution in [3.05, 3.63) is 30.1 Å². The van der Waals surface area contributed by atoms with Gasteiger partial charge in [-0.1, -0.05) is 13.0 Å². The van der Waals surface area contributed by atoms with Gasteiger partial charge >= 0.3 is 0 Å². The SMILES string of the molecule is CCC(N)C(OC1CCOC1)c1ccccn1. The Morgan fingerprint density at radius 3 is 3.06 bits per heavy atom. The van der Waals surface area contributed by atoms with Gasteiger partial charge in [-0.2, -0.15) is 0 Å². The molecule has 0 saturated carbocycles. The minimum Gasteiger partial charge on any atom is -0.379 e. The second-order valence-corrected chi connectivity index (χ2v) is 4.37. The summed E-state index contributed by atoms with van der Waals surface area (Å²) in [5.74, 6) is 0. The fourth-order valence-corrected chi connectivity index (χ4v) is 1.98. The second-order valence-electron chi connectivity index (χ2n) is 4.37. The summed E-state index contributed by atoms with van der Waals surface area (Å²) in [6.07, 6.45) is 3.61. The molecule has 2 heterocycles. The Balaban J connectivity index is 2.07. The Morgan fingerprint density at radius 2 is 2.47 bits per heavy atom. The van der Waals surface area contributed by atoms with E-state index in [0.717, 1.165) is 25.1 Å². The first-order valence-corrected chi connectivity index (χ1v) is 6.21. The van der Waals surface area contributed by atoms with Crippen LogP contribution < -0.4 is 5.73 Å². The fourth-order valence-electron chi connectivity index (χ4n) is 1.98. The smallest absolute Gasteiger partial charge is 0.115 e. The molecule has 17 heavy (non-hydrogen) atoms. The molecular weight excluding hydrogens is 216 g/mol. The van der Waals surface area contributed by atoms with E-state index in [0.29, 0.717) is 6.61 Å². The van der Waals surface area contributed by atoms with Gasteiger partial charge in [0.05, 0.1) is 18.4 Å². The predicted octanol–water partition coefficient (Wildman–Crippen LogP) is 1.67. The van der Waals surface area contributed by atoms with Crippen LogP contribution in [0.3, 0.4) is 0 Å². The highest BCUT2D eigenvalue weighted by Crippen LogP contribution is 2.24. The quantitative estimate of drug-likeness (QED) is 0.844. The largest absolute Gasteiger partial charge is 0.379 e. The van der Waals surface area contributed by atoms with Crippen LogP contribution in [0.15, 0.2) is 24.4 Å². The van der Waals surface area contributed by atoms with E-state index < -0.39 is 0 Å². The summed E-state index contributed by atoms with van der Waals surface area (Å²) in [7, 11) is 0. The summed E-state index contributed by atoms with van der Waals surface area (Å²) >= 11 is 0. The molecule has 94 valence electrons. The van der Waals surface area contributed by atoms with Gasteiger partial charge in [0.2, 0.25) is 0 Å². The lowest BCUT2D eigenvalue weighted by Gasteiger charge is -2.25. The molecule has 0 bridgehead atoms. The molecule has 1 aromatic rings. The molecule has 2 N–H and O–H groups in total. The van der Waals surface area contributed by atoms with Crippen molar-refractivity contribution in [2.45, 2.75) is 38.0 Å². The molecule has 3 unspecified atom stereocenters. The maximum absolute atomic E-state index is 6.12. The van der Waals surface area contributed by atoms with Crippen LogP contribution in [0.1, 0.15) is 31.6 Å². The third-order valence-electron chi connectivity index (χ3n) is 3.07. The predicted molar refractivity (Wildman–Crippen MR) is 65.6 cm³/mol. The average molecular weight is 236 g/mol. The van der Waals surface area contributed by atoms with Crippen molar-refractivity contribution >= 4 is 0 Å². The summed E-state index contributed by atoms with van der Waals surface area (Å²) in [6, 6.07) is 5.81. The average Bonchev–Trinajstić information content (AvgIpc) is 2.89. The highest BCUT2D eigenvalue weighted by atomic mass is 16.6. The Hall–Kier alpha value is -0.970. The zero-order valence-electron chi connectivity index (χ0n) is 10.2. The molecule has 1 aliphatic heterocycles. The molecule has 0 amide bonds. The molecule has 2 rings (SSSR count). The lowest BCUT2D eigenvalue weighted by molar-refractivity contribution is -0.0322. The van der Waals surface area contributed by atoms with Gasteiger partial charge in [0.25, 0.3) is 0 Å². The van der Waals surface area contributed by atoms with Crippen LogP contribution in [-0.2, 0) is 9.47 Å².